The number of ether oxygens (including phenoxy) is 1. The maximum absolute atomic E-state index is 8.91. The summed E-state index contributed by atoms with van der Waals surface area (Å²) in [6.45, 7) is 9.11. The summed E-state index contributed by atoms with van der Waals surface area (Å²) in [4.78, 5) is 2.39. The van der Waals surface area contributed by atoms with E-state index in [-0.39, 0.29) is 11.7 Å². The largest absolute Gasteiger partial charge is 0.370 e. The molecular formula is C15H20N2O. The van der Waals surface area contributed by atoms with Crippen LogP contribution in [0.4, 0.5) is 0 Å². The summed E-state index contributed by atoms with van der Waals surface area (Å²) < 4.78 is 5.89. The molecule has 0 aliphatic carbocycles. The molecule has 1 heterocycles. The molecule has 1 aliphatic heterocycles. The van der Waals surface area contributed by atoms with Crippen molar-refractivity contribution in [2.75, 3.05) is 13.1 Å². The fourth-order valence-electron chi connectivity index (χ4n) is 2.70. The standard InChI is InChI=1S/C15H20N2O/c1-12-9-17(11-15(2,3)18-12)10-14-6-4-5-13(7-14)8-16/h4-7,12H,9-11H2,1-3H3. The van der Waals surface area contributed by atoms with E-state index >= 15 is 0 Å². The quantitative estimate of drug-likeness (QED) is 0.802. The van der Waals surface area contributed by atoms with Crippen molar-refractivity contribution < 1.29 is 4.74 Å². The first kappa shape index (κ1) is 13.1. The van der Waals surface area contributed by atoms with Gasteiger partial charge in [-0.05, 0) is 38.5 Å². The molecule has 3 heteroatoms. The first-order valence-electron chi connectivity index (χ1n) is 6.38. The molecule has 0 spiro atoms. The van der Waals surface area contributed by atoms with E-state index in [2.05, 4.69) is 37.8 Å². The lowest BCUT2D eigenvalue weighted by atomic mass is 10.0. The Hall–Kier alpha value is -1.37. The Morgan fingerprint density at radius 1 is 1.50 bits per heavy atom. The van der Waals surface area contributed by atoms with Crippen molar-refractivity contribution in [3.63, 3.8) is 0 Å². The third-order valence-electron chi connectivity index (χ3n) is 3.10. The molecule has 0 N–H and O–H groups in total. The van der Waals surface area contributed by atoms with Crippen LogP contribution in [0.15, 0.2) is 24.3 Å². The molecule has 0 aromatic heterocycles. The molecule has 1 fully saturated rings. The van der Waals surface area contributed by atoms with Gasteiger partial charge < -0.3 is 4.74 Å². The highest BCUT2D eigenvalue weighted by Crippen LogP contribution is 2.22. The summed E-state index contributed by atoms with van der Waals surface area (Å²) in [6.07, 6.45) is 0.257. The molecule has 0 bridgehead atoms. The van der Waals surface area contributed by atoms with Crippen LogP contribution in [0.25, 0.3) is 0 Å². The number of hydrogen-bond donors (Lipinski definition) is 0. The van der Waals surface area contributed by atoms with Gasteiger partial charge in [0.25, 0.3) is 0 Å². The SMILES string of the molecule is CC1CN(Cc2cccc(C#N)c2)CC(C)(C)O1. The Morgan fingerprint density at radius 3 is 2.94 bits per heavy atom. The van der Waals surface area contributed by atoms with Gasteiger partial charge in [0.05, 0.1) is 23.3 Å². The highest BCUT2D eigenvalue weighted by atomic mass is 16.5. The molecule has 0 amide bonds. The van der Waals surface area contributed by atoms with E-state index in [1.54, 1.807) is 0 Å². The Kier molecular flexibility index (Phi) is 3.70. The fourth-order valence-corrected chi connectivity index (χ4v) is 2.70. The summed E-state index contributed by atoms with van der Waals surface area (Å²) in [7, 11) is 0. The molecule has 96 valence electrons. The Balaban J connectivity index is 2.07. The second kappa shape index (κ2) is 5.09. The van der Waals surface area contributed by atoms with Gasteiger partial charge in [0.1, 0.15) is 0 Å². The van der Waals surface area contributed by atoms with Crippen molar-refractivity contribution in [1.82, 2.24) is 4.90 Å². The van der Waals surface area contributed by atoms with Crippen LogP contribution in [-0.4, -0.2) is 29.7 Å². The minimum atomic E-state index is -0.0928. The van der Waals surface area contributed by atoms with Crippen LogP contribution < -0.4 is 0 Å². The minimum Gasteiger partial charge on any atom is -0.370 e. The smallest absolute Gasteiger partial charge is 0.0991 e. The van der Waals surface area contributed by atoms with Crippen molar-refractivity contribution in [3.8, 4) is 6.07 Å². The molecule has 1 aromatic carbocycles. The van der Waals surface area contributed by atoms with E-state index in [4.69, 9.17) is 10.00 Å². The van der Waals surface area contributed by atoms with Gasteiger partial charge in [-0.2, -0.15) is 5.26 Å². The minimum absolute atomic E-state index is 0.0928. The third-order valence-corrected chi connectivity index (χ3v) is 3.10. The third kappa shape index (κ3) is 3.32. The molecule has 2 rings (SSSR count). The number of morpholine rings is 1. The number of benzene rings is 1. The highest BCUT2D eigenvalue weighted by molar-refractivity contribution is 5.32. The molecule has 1 unspecified atom stereocenters. The summed E-state index contributed by atoms with van der Waals surface area (Å²) in [5.41, 5.74) is 1.83. The van der Waals surface area contributed by atoms with Crippen molar-refractivity contribution >= 4 is 0 Å². The van der Waals surface area contributed by atoms with Crippen molar-refractivity contribution in [3.05, 3.63) is 35.4 Å². The second-order valence-electron chi connectivity index (χ2n) is 5.67. The average Bonchev–Trinajstić information content (AvgIpc) is 2.26. The summed E-state index contributed by atoms with van der Waals surface area (Å²) >= 11 is 0. The predicted octanol–water partition coefficient (Wildman–Crippen LogP) is 2.56. The van der Waals surface area contributed by atoms with E-state index in [0.717, 1.165) is 25.2 Å². The van der Waals surface area contributed by atoms with E-state index in [1.807, 2.05) is 18.2 Å². The van der Waals surface area contributed by atoms with Gasteiger partial charge in [0.2, 0.25) is 0 Å². The van der Waals surface area contributed by atoms with Gasteiger partial charge in [-0.1, -0.05) is 12.1 Å². The fraction of sp³-hybridized carbons (Fsp3) is 0.533. The van der Waals surface area contributed by atoms with Crippen molar-refractivity contribution in [2.24, 2.45) is 0 Å². The van der Waals surface area contributed by atoms with Gasteiger partial charge >= 0.3 is 0 Å². The van der Waals surface area contributed by atoms with Gasteiger partial charge in [0, 0.05) is 19.6 Å². The van der Waals surface area contributed by atoms with Crippen molar-refractivity contribution in [1.29, 1.82) is 5.26 Å². The molecule has 1 aliphatic rings. The Bertz CT molecular complexity index is 462. The Labute approximate surface area is 109 Å². The number of nitriles is 1. The zero-order valence-corrected chi connectivity index (χ0v) is 11.3. The maximum atomic E-state index is 8.91. The molecule has 1 atom stereocenters. The van der Waals surface area contributed by atoms with E-state index in [1.165, 1.54) is 5.56 Å². The van der Waals surface area contributed by atoms with Crippen LogP contribution >= 0.6 is 0 Å². The normalized spacial score (nSPS) is 23.6. The average molecular weight is 244 g/mol. The zero-order valence-electron chi connectivity index (χ0n) is 11.3. The molecule has 1 saturated heterocycles. The van der Waals surface area contributed by atoms with Gasteiger partial charge in [-0.3, -0.25) is 4.90 Å². The maximum Gasteiger partial charge on any atom is 0.0991 e. The number of hydrogen-bond acceptors (Lipinski definition) is 3. The van der Waals surface area contributed by atoms with E-state index < -0.39 is 0 Å². The molecule has 18 heavy (non-hydrogen) atoms. The molecule has 0 saturated carbocycles. The van der Waals surface area contributed by atoms with E-state index in [9.17, 15) is 0 Å². The second-order valence-corrected chi connectivity index (χ2v) is 5.67. The lowest BCUT2D eigenvalue weighted by Crippen LogP contribution is -2.51. The van der Waals surface area contributed by atoms with E-state index in [0.29, 0.717) is 0 Å². The lowest BCUT2D eigenvalue weighted by molar-refractivity contribution is -0.130. The lowest BCUT2D eigenvalue weighted by Gasteiger charge is -2.41. The molecule has 3 nitrogen and oxygen atoms in total. The van der Waals surface area contributed by atoms with Crippen LogP contribution in [0.1, 0.15) is 31.9 Å². The summed E-state index contributed by atoms with van der Waals surface area (Å²) in [5.74, 6) is 0. The van der Waals surface area contributed by atoms with Gasteiger partial charge in [-0.25, -0.2) is 0 Å². The zero-order chi connectivity index (χ0) is 13.2. The van der Waals surface area contributed by atoms with Crippen LogP contribution in [0.2, 0.25) is 0 Å². The predicted molar refractivity (Wildman–Crippen MR) is 71.1 cm³/mol. The first-order chi connectivity index (χ1) is 8.48. The van der Waals surface area contributed by atoms with Gasteiger partial charge in [-0.15, -0.1) is 0 Å². The highest BCUT2D eigenvalue weighted by Gasteiger charge is 2.30. The van der Waals surface area contributed by atoms with Crippen LogP contribution in [0.5, 0.6) is 0 Å². The monoisotopic (exact) mass is 244 g/mol. The number of rotatable bonds is 2. The summed E-state index contributed by atoms with van der Waals surface area (Å²) in [5, 5.41) is 8.91. The van der Waals surface area contributed by atoms with Crippen molar-refractivity contribution in [2.45, 2.75) is 39.0 Å². The van der Waals surface area contributed by atoms with Gasteiger partial charge in [0.15, 0.2) is 0 Å². The van der Waals surface area contributed by atoms with Crippen LogP contribution in [0.3, 0.4) is 0 Å². The number of nitrogens with zero attached hydrogens (tertiary/aromatic N) is 2. The molecule has 1 aromatic rings. The first-order valence-corrected chi connectivity index (χ1v) is 6.38. The summed E-state index contributed by atoms with van der Waals surface area (Å²) in [6, 6.07) is 10.0. The van der Waals surface area contributed by atoms with Crippen LogP contribution in [-0.2, 0) is 11.3 Å². The Morgan fingerprint density at radius 2 is 2.28 bits per heavy atom. The molecule has 0 radical (unpaired) electrons. The topological polar surface area (TPSA) is 36.3 Å². The molecular weight excluding hydrogens is 224 g/mol. The van der Waals surface area contributed by atoms with Crippen LogP contribution in [0, 0.1) is 11.3 Å².